The largest absolute Gasteiger partial charge is 0.496 e. The summed E-state index contributed by atoms with van der Waals surface area (Å²) in [5.74, 6) is 1.37. The van der Waals surface area contributed by atoms with Gasteiger partial charge in [0.15, 0.2) is 0 Å². The van der Waals surface area contributed by atoms with Crippen molar-refractivity contribution in [3.05, 3.63) is 65.9 Å². The van der Waals surface area contributed by atoms with Crippen LogP contribution >= 0.6 is 0 Å². The molecule has 0 spiro atoms. The van der Waals surface area contributed by atoms with Crippen molar-refractivity contribution in [2.75, 3.05) is 13.7 Å². The van der Waals surface area contributed by atoms with Crippen LogP contribution in [-0.4, -0.2) is 24.5 Å². The molecule has 1 heterocycles. The molecule has 1 atom stereocenters. The van der Waals surface area contributed by atoms with Gasteiger partial charge in [0, 0.05) is 41.5 Å². The van der Waals surface area contributed by atoms with Gasteiger partial charge in [0.2, 0.25) is 5.91 Å². The molecule has 4 nitrogen and oxygen atoms in total. The molecule has 0 unspecified atom stereocenters. The van der Waals surface area contributed by atoms with Gasteiger partial charge >= 0.3 is 0 Å². The van der Waals surface area contributed by atoms with Crippen molar-refractivity contribution in [2.24, 2.45) is 5.92 Å². The number of H-pyrrole nitrogens is 1. The topological polar surface area (TPSA) is 54.1 Å². The number of aromatic nitrogens is 1. The number of carbonyl (C=O) groups is 1. The van der Waals surface area contributed by atoms with Crippen LogP contribution in [0.1, 0.15) is 43.7 Å². The second kappa shape index (κ2) is 8.76. The van der Waals surface area contributed by atoms with Crippen LogP contribution in [0.2, 0.25) is 0 Å². The number of rotatable bonds is 8. The molecule has 0 saturated heterocycles. The highest BCUT2D eigenvalue weighted by atomic mass is 16.5. The van der Waals surface area contributed by atoms with E-state index in [9.17, 15) is 4.79 Å². The van der Waals surface area contributed by atoms with E-state index >= 15 is 0 Å². The molecule has 0 aliphatic rings. The van der Waals surface area contributed by atoms with Crippen molar-refractivity contribution in [3.8, 4) is 5.75 Å². The fraction of sp³-hybridized carbons (Fsp3) is 0.348. The number of carbonyl (C=O) groups excluding carboxylic acids is 1. The Balaban J connectivity index is 1.93. The third-order valence-corrected chi connectivity index (χ3v) is 4.94. The number of aromatic amines is 1. The first-order chi connectivity index (χ1) is 13.1. The number of hydrogen-bond acceptors (Lipinski definition) is 2. The molecule has 3 aromatic rings. The second-order valence-electron chi connectivity index (χ2n) is 7.32. The van der Waals surface area contributed by atoms with Gasteiger partial charge in [-0.05, 0) is 30.0 Å². The zero-order chi connectivity index (χ0) is 19.2. The first-order valence-electron chi connectivity index (χ1n) is 9.55. The molecule has 1 amide bonds. The van der Waals surface area contributed by atoms with Gasteiger partial charge in [0.05, 0.1) is 7.11 Å². The van der Waals surface area contributed by atoms with E-state index in [4.69, 9.17) is 4.74 Å². The molecule has 3 rings (SSSR count). The van der Waals surface area contributed by atoms with E-state index in [1.165, 1.54) is 0 Å². The Morgan fingerprint density at radius 3 is 2.59 bits per heavy atom. The summed E-state index contributed by atoms with van der Waals surface area (Å²) in [7, 11) is 1.67. The maximum atomic E-state index is 12.7. The average Bonchev–Trinajstić information content (AvgIpc) is 3.10. The summed E-state index contributed by atoms with van der Waals surface area (Å²) in [6.45, 7) is 5.04. The average molecular weight is 364 g/mol. The minimum Gasteiger partial charge on any atom is -0.496 e. The maximum Gasteiger partial charge on any atom is 0.220 e. The predicted octanol–water partition coefficient (Wildman–Crippen LogP) is 4.86. The van der Waals surface area contributed by atoms with Gasteiger partial charge in [0.1, 0.15) is 5.75 Å². The molecule has 0 saturated carbocycles. The van der Waals surface area contributed by atoms with Crippen LogP contribution in [0.5, 0.6) is 5.75 Å². The molecular formula is C23H28N2O2. The molecule has 27 heavy (non-hydrogen) atoms. The van der Waals surface area contributed by atoms with Crippen LogP contribution in [0.15, 0.2) is 54.7 Å². The zero-order valence-electron chi connectivity index (χ0n) is 16.3. The fourth-order valence-corrected chi connectivity index (χ4v) is 3.48. The van der Waals surface area contributed by atoms with Crippen LogP contribution in [0.25, 0.3) is 10.9 Å². The summed E-state index contributed by atoms with van der Waals surface area (Å²) in [6, 6.07) is 16.1. The number of fused-ring (bicyclic) bond motifs is 1. The molecule has 2 aromatic carbocycles. The van der Waals surface area contributed by atoms with Gasteiger partial charge in [-0.15, -0.1) is 0 Å². The molecule has 0 radical (unpaired) electrons. The zero-order valence-corrected chi connectivity index (χ0v) is 16.3. The first-order valence-corrected chi connectivity index (χ1v) is 9.55. The van der Waals surface area contributed by atoms with Crippen LogP contribution in [0, 0.1) is 5.92 Å². The second-order valence-corrected chi connectivity index (χ2v) is 7.32. The summed E-state index contributed by atoms with van der Waals surface area (Å²) in [6.07, 6.45) is 3.39. The molecular weight excluding hydrogens is 336 g/mol. The Bertz CT molecular complexity index is 898. The normalized spacial score (nSPS) is 12.3. The van der Waals surface area contributed by atoms with Crippen LogP contribution < -0.4 is 10.1 Å². The summed E-state index contributed by atoms with van der Waals surface area (Å²) < 4.78 is 5.59. The van der Waals surface area contributed by atoms with Gasteiger partial charge < -0.3 is 15.0 Å². The number of para-hydroxylation sites is 2. The lowest BCUT2D eigenvalue weighted by Gasteiger charge is -2.20. The van der Waals surface area contributed by atoms with E-state index in [-0.39, 0.29) is 11.8 Å². The van der Waals surface area contributed by atoms with Crippen molar-refractivity contribution in [1.29, 1.82) is 0 Å². The van der Waals surface area contributed by atoms with Gasteiger partial charge in [-0.3, -0.25) is 4.79 Å². The Kier molecular flexibility index (Phi) is 6.17. The number of methoxy groups -OCH3 is 1. The van der Waals surface area contributed by atoms with Crippen molar-refractivity contribution >= 4 is 16.8 Å². The first kappa shape index (κ1) is 19.0. The summed E-state index contributed by atoms with van der Waals surface area (Å²) in [5, 5.41) is 4.21. The highest BCUT2D eigenvalue weighted by Crippen LogP contribution is 2.37. The standard InChI is InChI=1S/C23H28N2O2/c1-16(2)12-13-24-23(26)14-19(18-9-5-7-11-22(18)27-3)20-15-25-21-10-6-4-8-17(20)21/h4-11,15-16,19,25H,12-14H2,1-3H3,(H,24,26)/t19-/m1/s1. The minimum absolute atomic E-state index is 0.0665. The molecule has 4 heteroatoms. The number of nitrogens with one attached hydrogen (secondary N) is 2. The Labute approximate surface area is 160 Å². The lowest BCUT2D eigenvalue weighted by Crippen LogP contribution is -2.27. The van der Waals surface area contributed by atoms with Gasteiger partial charge in [-0.25, -0.2) is 0 Å². The molecule has 0 aliphatic heterocycles. The molecule has 0 bridgehead atoms. The highest BCUT2D eigenvalue weighted by Gasteiger charge is 2.24. The summed E-state index contributed by atoms with van der Waals surface area (Å²) in [4.78, 5) is 16.0. The van der Waals surface area contributed by atoms with Gasteiger partial charge in [-0.2, -0.15) is 0 Å². The predicted molar refractivity (Wildman–Crippen MR) is 110 cm³/mol. The van der Waals surface area contributed by atoms with E-state index in [1.54, 1.807) is 7.11 Å². The lowest BCUT2D eigenvalue weighted by molar-refractivity contribution is -0.121. The minimum atomic E-state index is -0.0728. The van der Waals surface area contributed by atoms with Crippen LogP contribution in [-0.2, 0) is 4.79 Å². The molecule has 142 valence electrons. The lowest BCUT2D eigenvalue weighted by atomic mass is 9.87. The van der Waals surface area contributed by atoms with Gasteiger partial charge in [0.25, 0.3) is 0 Å². The van der Waals surface area contributed by atoms with Gasteiger partial charge in [-0.1, -0.05) is 50.2 Å². The number of benzene rings is 2. The molecule has 0 aliphatic carbocycles. The van der Waals surface area contributed by atoms with Crippen LogP contribution in [0.4, 0.5) is 0 Å². The number of amides is 1. The molecule has 0 fully saturated rings. The number of hydrogen-bond donors (Lipinski definition) is 2. The smallest absolute Gasteiger partial charge is 0.220 e. The Morgan fingerprint density at radius 1 is 1.07 bits per heavy atom. The third-order valence-electron chi connectivity index (χ3n) is 4.94. The molecule has 1 aromatic heterocycles. The van der Waals surface area contributed by atoms with E-state index in [2.05, 4.69) is 36.3 Å². The van der Waals surface area contributed by atoms with E-state index in [1.807, 2.05) is 42.6 Å². The third kappa shape index (κ3) is 4.51. The Hall–Kier alpha value is -2.75. The maximum absolute atomic E-state index is 12.7. The van der Waals surface area contributed by atoms with Crippen molar-refractivity contribution in [1.82, 2.24) is 10.3 Å². The molecule has 2 N–H and O–H groups in total. The Morgan fingerprint density at radius 2 is 1.81 bits per heavy atom. The van der Waals surface area contributed by atoms with E-state index in [0.717, 1.165) is 34.2 Å². The van der Waals surface area contributed by atoms with Crippen LogP contribution in [0.3, 0.4) is 0 Å². The fourth-order valence-electron chi connectivity index (χ4n) is 3.48. The monoisotopic (exact) mass is 364 g/mol. The van der Waals surface area contributed by atoms with Crippen molar-refractivity contribution in [3.63, 3.8) is 0 Å². The highest BCUT2D eigenvalue weighted by molar-refractivity contribution is 5.86. The van der Waals surface area contributed by atoms with E-state index in [0.29, 0.717) is 18.9 Å². The van der Waals surface area contributed by atoms with E-state index < -0.39 is 0 Å². The number of ether oxygens (including phenoxy) is 1. The van der Waals surface area contributed by atoms with Crippen molar-refractivity contribution in [2.45, 2.75) is 32.6 Å². The summed E-state index contributed by atoms with van der Waals surface area (Å²) in [5.41, 5.74) is 3.23. The van der Waals surface area contributed by atoms with Crippen molar-refractivity contribution < 1.29 is 9.53 Å². The quantitative estimate of drug-likeness (QED) is 0.600. The SMILES string of the molecule is COc1ccccc1[C@@H](CC(=O)NCCC(C)C)c1c[nH]c2ccccc12. The summed E-state index contributed by atoms with van der Waals surface area (Å²) >= 11 is 0.